The number of aryl methyl sites for hydroxylation is 1. The molecule has 1 N–H and O–H groups in total. The summed E-state index contributed by atoms with van der Waals surface area (Å²) < 4.78 is 18.1. The second-order valence-electron chi connectivity index (χ2n) is 4.08. The Kier molecular flexibility index (Phi) is 6.11. The molecule has 17 heavy (non-hydrogen) atoms. The standard InChI is InChI=1S/C13H20FNO2/c1-11-9-12(3-4-13(11)14)10-15(5-7-16)6-8-17-2/h3-4,9,16H,5-8,10H2,1-2H3. The van der Waals surface area contributed by atoms with Crippen LogP contribution in [0.2, 0.25) is 0 Å². The summed E-state index contributed by atoms with van der Waals surface area (Å²) in [5, 5.41) is 8.97. The predicted molar refractivity (Wildman–Crippen MR) is 65.4 cm³/mol. The van der Waals surface area contributed by atoms with Crippen molar-refractivity contribution in [2.24, 2.45) is 0 Å². The summed E-state index contributed by atoms with van der Waals surface area (Å²) in [6.45, 7) is 4.55. The van der Waals surface area contributed by atoms with Gasteiger partial charge in [0.2, 0.25) is 0 Å². The van der Waals surface area contributed by atoms with Crippen LogP contribution in [-0.2, 0) is 11.3 Å². The van der Waals surface area contributed by atoms with Gasteiger partial charge >= 0.3 is 0 Å². The molecule has 0 fully saturated rings. The fourth-order valence-corrected chi connectivity index (χ4v) is 1.70. The molecule has 0 aliphatic carbocycles. The molecule has 0 atom stereocenters. The molecule has 1 rings (SSSR count). The highest BCUT2D eigenvalue weighted by molar-refractivity contribution is 5.23. The van der Waals surface area contributed by atoms with Gasteiger partial charge in [0.15, 0.2) is 0 Å². The molecule has 0 aliphatic rings. The van der Waals surface area contributed by atoms with Crippen LogP contribution >= 0.6 is 0 Å². The van der Waals surface area contributed by atoms with Crippen molar-refractivity contribution in [3.63, 3.8) is 0 Å². The third-order valence-corrected chi connectivity index (χ3v) is 2.66. The lowest BCUT2D eigenvalue weighted by Gasteiger charge is -2.21. The lowest BCUT2D eigenvalue weighted by Crippen LogP contribution is -2.29. The second-order valence-corrected chi connectivity index (χ2v) is 4.08. The van der Waals surface area contributed by atoms with E-state index in [1.807, 2.05) is 6.07 Å². The Bertz CT molecular complexity index is 344. The summed E-state index contributed by atoms with van der Waals surface area (Å²) in [5.41, 5.74) is 1.70. The minimum absolute atomic E-state index is 0.115. The van der Waals surface area contributed by atoms with E-state index in [2.05, 4.69) is 4.90 Å². The van der Waals surface area contributed by atoms with E-state index >= 15 is 0 Å². The van der Waals surface area contributed by atoms with Gasteiger partial charge in [0.25, 0.3) is 0 Å². The normalized spacial score (nSPS) is 11.1. The van der Waals surface area contributed by atoms with Gasteiger partial charge in [0.1, 0.15) is 5.82 Å². The molecule has 0 heterocycles. The summed E-state index contributed by atoms with van der Waals surface area (Å²) in [4.78, 5) is 2.08. The first-order valence-corrected chi connectivity index (χ1v) is 5.74. The number of hydrogen-bond acceptors (Lipinski definition) is 3. The summed E-state index contributed by atoms with van der Waals surface area (Å²) >= 11 is 0. The quantitative estimate of drug-likeness (QED) is 0.786. The van der Waals surface area contributed by atoms with Crippen LogP contribution in [0.1, 0.15) is 11.1 Å². The highest BCUT2D eigenvalue weighted by Gasteiger charge is 2.06. The highest BCUT2D eigenvalue weighted by atomic mass is 19.1. The van der Waals surface area contributed by atoms with Gasteiger partial charge in [-0.25, -0.2) is 4.39 Å². The molecular formula is C13H20FNO2. The van der Waals surface area contributed by atoms with Crippen molar-refractivity contribution in [1.29, 1.82) is 0 Å². The van der Waals surface area contributed by atoms with Crippen LogP contribution in [0.25, 0.3) is 0 Å². The van der Waals surface area contributed by atoms with Crippen molar-refractivity contribution < 1.29 is 14.2 Å². The van der Waals surface area contributed by atoms with Crippen molar-refractivity contribution in [3.8, 4) is 0 Å². The Morgan fingerprint density at radius 2 is 2.12 bits per heavy atom. The third kappa shape index (κ3) is 4.81. The molecule has 0 spiro atoms. The van der Waals surface area contributed by atoms with Gasteiger partial charge in [0, 0.05) is 26.7 Å². The lowest BCUT2D eigenvalue weighted by atomic mass is 10.1. The van der Waals surface area contributed by atoms with Crippen LogP contribution < -0.4 is 0 Å². The van der Waals surface area contributed by atoms with Gasteiger partial charge in [-0.1, -0.05) is 12.1 Å². The summed E-state index contributed by atoms with van der Waals surface area (Å²) in [5.74, 6) is -0.181. The molecule has 1 aromatic carbocycles. The van der Waals surface area contributed by atoms with Crippen molar-refractivity contribution in [2.45, 2.75) is 13.5 Å². The Hall–Kier alpha value is -0.970. The SMILES string of the molecule is COCCN(CCO)Cc1ccc(F)c(C)c1. The topological polar surface area (TPSA) is 32.7 Å². The molecular weight excluding hydrogens is 221 g/mol. The van der Waals surface area contributed by atoms with Crippen molar-refractivity contribution in [3.05, 3.63) is 35.1 Å². The van der Waals surface area contributed by atoms with Crippen LogP contribution in [0.5, 0.6) is 0 Å². The Labute approximate surface area is 102 Å². The number of hydrogen-bond donors (Lipinski definition) is 1. The molecule has 0 unspecified atom stereocenters. The Balaban J connectivity index is 2.61. The second kappa shape index (κ2) is 7.37. The van der Waals surface area contributed by atoms with Crippen molar-refractivity contribution in [2.75, 3.05) is 33.4 Å². The molecule has 0 saturated carbocycles. The lowest BCUT2D eigenvalue weighted by molar-refractivity contribution is 0.127. The van der Waals surface area contributed by atoms with E-state index < -0.39 is 0 Å². The van der Waals surface area contributed by atoms with Gasteiger partial charge in [0.05, 0.1) is 13.2 Å². The van der Waals surface area contributed by atoms with Crippen LogP contribution in [-0.4, -0.2) is 43.4 Å². The maximum atomic E-state index is 13.1. The van der Waals surface area contributed by atoms with Crippen LogP contribution in [0.3, 0.4) is 0 Å². The fraction of sp³-hybridized carbons (Fsp3) is 0.538. The molecule has 4 heteroatoms. The minimum atomic E-state index is -0.181. The summed E-state index contributed by atoms with van der Waals surface area (Å²) in [7, 11) is 1.65. The first kappa shape index (κ1) is 14.1. The van der Waals surface area contributed by atoms with Gasteiger partial charge < -0.3 is 9.84 Å². The number of methoxy groups -OCH3 is 1. The van der Waals surface area contributed by atoms with E-state index in [0.29, 0.717) is 25.3 Å². The highest BCUT2D eigenvalue weighted by Crippen LogP contribution is 2.11. The first-order valence-electron chi connectivity index (χ1n) is 5.74. The van der Waals surface area contributed by atoms with Gasteiger partial charge in [-0.3, -0.25) is 4.90 Å². The molecule has 0 aliphatic heterocycles. The average Bonchev–Trinajstić information content (AvgIpc) is 2.31. The van der Waals surface area contributed by atoms with E-state index in [1.165, 1.54) is 6.07 Å². The molecule has 96 valence electrons. The molecule has 0 amide bonds. The predicted octanol–water partition coefficient (Wildman–Crippen LogP) is 1.57. The van der Waals surface area contributed by atoms with Gasteiger partial charge in [-0.15, -0.1) is 0 Å². The van der Waals surface area contributed by atoms with Gasteiger partial charge in [-0.05, 0) is 24.1 Å². The number of aliphatic hydroxyl groups is 1. The Morgan fingerprint density at radius 1 is 1.35 bits per heavy atom. The van der Waals surface area contributed by atoms with Crippen LogP contribution in [0, 0.1) is 12.7 Å². The zero-order valence-electron chi connectivity index (χ0n) is 10.4. The maximum absolute atomic E-state index is 13.1. The summed E-state index contributed by atoms with van der Waals surface area (Å²) in [6, 6.07) is 5.10. The van der Waals surface area contributed by atoms with Crippen LogP contribution in [0.15, 0.2) is 18.2 Å². The fourth-order valence-electron chi connectivity index (χ4n) is 1.70. The molecule has 0 bridgehead atoms. The molecule has 1 aromatic rings. The van der Waals surface area contributed by atoms with E-state index in [1.54, 1.807) is 20.1 Å². The first-order chi connectivity index (χ1) is 8.17. The molecule has 0 radical (unpaired) electrons. The minimum Gasteiger partial charge on any atom is -0.395 e. The van der Waals surface area contributed by atoms with Crippen molar-refractivity contribution in [1.82, 2.24) is 4.90 Å². The van der Waals surface area contributed by atoms with Crippen LogP contribution in [0.4, 0.5) is 4.39 Å². The average molecular weight is 241 g/mol. The monoisotopic (exact) mass is 241 g/mol. The van der Waals surface area contributed by atoms with Crippen molar-refractivity contribution >= 4 is 0 Å². The maximum Gasteiger partial charge on any atom is 0.126 e. The molecule has 3 nitrogen and oxygen atoms in total. The smallest absolute Gasteiger partial charge is 0.126 e. The van der Waals surface area contributed by atoms with Gasteiger partial charge in [-0.2, -0.15) is 0 Å². The van der Waals surface area contributed by atoms with E-state index in [-0.39, 0.29) is 12.4 Å². The number of aliphatic hydroxyl groups excluding tert-OH is 1. The zero-order valence-corrected chi connectivity index (χ0v) is 10.4. The summed E-state index contributed by atoms with van der Waals surface area (Å²) in [6.07, 6.45) is 0. The van der Waals surface area contributed by atoms with E-state index in [0.717, 1.165) is 12.1 Å². The largest absolute Gasteiger partial charge is 0.395 e. The third-order valence-electron chi connectivity index (χ3n) is 2.66. The number of halogens is 1. The number of ether oxygens (including phenoxy) is 1. The molecule has 0 aromatic heterocycles. The molecule has 0 saturated heterocycles. The number of nitrogens with zero attached hydrogens (tertiary/aromatic N) is 1. The zero-order chi connectivity index (χ0) is 12.7. The number of rotatable bonds is 7. The Morgan fingerprint density at radius 3 is 2.71 bits per heavy atom. The van der Waals surface area contributed by atoms with E-state index in [4.69, 9.17) is 9.84 Å². The van der Waals surface area contributed by atoms with E-state index in [9.17, 15) is 4.39 Å². The number of benzene rings is 1.